The van der Waals surface area contributed by atoms with E-state index in [4.69, 9.17) is 30.6 Å². The Hall–Kier alpha value is -0.175. The second kappa shape index (κ2) is 7.25. The van der Waals surface area contributed by atoms with Gasteiger partial charge in [-0.3, -0.25) is 0 Å². The Morgan fingerprint density at radius 3 is 1.08 bits per heavy atom. The van der Waals surface area contributed by atoms with Crippen LogP contribution in [0.15, 0.2) is 0 Å². The molecule has 6 N–H and O–H groups in total. The van der Waals surface area contributed by atoms with E-state index in [1.165, 1.54) is 0 Å². The molecule has 0 spiro atoms. The minimum atomic E-state index is -1.67. The van der Waals surface area contributed by atoms with Gasteiger partial charge in [-0.25, -0.2) is 0 Å². The molecule has 0 saturated heterocycles. The van der Waals surface area contributed by atoms with Crippen LogP contribution in [-0.4, -0.2) is 76.7 Å². The van der Waals surface area contributed by atoms with Crippen LogP contribution in [0.3, 0.4) is 0 Å². The Balaban J connectivity index is 0. The van der Waals surface area contributed by atoms with E-state index < -0.39 is 37.6 Å². The minimum Gasteiger partial charge on any atom is -0.394 e. The number of rotatable bonds is 5. The average molecular weight is 193 g/mol. The first-order chi connectivity index (χ1) is 5.54. The average Bonchev–Trinajstić information content (AvgIpc) is 2.12. The summed E-state index contributed by atoms with van der Waals surface area (Å²) in [4.78, 5) is 0. The summed E-state index contributed by atoms with van der Waals surface area (Å²) in [5.74, 6) is 0. The van der Waals surface area contributed by atoms with E-state index in [2.05, 4.69) is 0 Å². The molecule has 7 heteroatoms. The number of aliphatic hydroxyl groups excluding tert-OH is 6. The van der Waals surface area contributed by atoms with Gasteiger partial charge in [-0.1, -0.05) is 0 Å². The number of hydrogen-bond acceptors (Lipinski definition) is 6. The SMILES string of the molecule is OCC(O)C(O)C(O)C(O)CO.[B]. The van der Waals surface area contributed by atoms with Gasteiger partial charge in [-0.05, 0) is 0 Å². The van der Waals surface area contributed by atoms with Crippen LogP contribution in [0.25, 0.3) is 0 Å². The molecular weight excluding hydrogens is 179 g/mol. The topological polar surface area (TPSA) is 121 Å². The highest BCUT2D eigenvalue weighted by Gasteiger charge is 2.29. The van der Waals surface area contributed by atoms with Gasteiger partial charge >= 0.3 is 0 Å². The maximum atomic E-state index is 8.96. The zero-order valence-corrected chi connectivity index (χ0v) is 6.98. The summed E-state index contributed by atoms with van der Waals surface area (Å²) in [6.07, 6.45) is -6.39. The Kier molecular flexibility index (Phi) is 8.53. The fourth-order valence-corrected chi connectivity index (χ4v) is 0.671. The quantitative estimate of drug-likeness (QED) is 0.248. The molecule has 77 valence electrons. The van der Waals surface area contributed by atoms with Crippen LogP contribution in [-0.2, 0) is 0 Å². The summed E-state index contributed by atoms with van der Waals surface area (Å²) >= 11 is 0. The van der Waals surface area contributed by atoms with E-state index >= 15 is 0 Å². The molecule has 3 radical (unpaired) electrons. The zero-order chi connectivity index (χ0) is 9.72. The Labute approximate surface area is 77.7 Å². The van der Waals surface area contributed by atoms with Crippen LogP contribution in [0.5, 0.6) is 0 Å². The highest BCUT2D eigenvalue weighted by atomic mass is 16.4. The highest BCUT2D eigenvalue weighted by Crippen LogP contribution is 2.03. The van der Waals surface area contributed by atoms with Crippen molar-refractivity contribution in [3.63, 3.8) is 0 Å². The molecule has 0 aliphatic heterocycles. The fourth-order valence-electron chi connectivity index (χ4n) is 0.671. The molecule has 0 aromatic carbocycles. The lowest BCUT2D eigenvalue weighted by Gasteiger charge is -2.24. The second-order valence-corrected chi connectivity index (χ2v) is 2.48. The standard InChI is InChI=1S/C6H14O6.B/c7-1-3(9)5(11)6(12)4(10)2-8;/h3-12H,1-2H2;. The van der Waals surface area contributed by atoms with Crippen molar-refractivity contribution in [3.8, 4) is 0 Å². The molecular formula is C6H14BO6. The van der Waals surface area contributed by atoms with Gasteiger partial charge in [0.25, 0.3) is 0 Å². The van der Waals surface area contributed by atoms with Crippen molar-refractivity contribution in [2.24, 2.45) is 0 Å². The minimum absolute atomic E-state index is 0. The van der Waals surface area contributed by atoms with Crippen molar-refractivity contribution in [3.05, 3.63) is 0 Å². The molecule has 0 amide bonds. The molecule has 0 aliphatic rings. The fraction of sp³-hybridized carbons (Fsp3) is 1.00. The zero-order valence-electron chi connectivity index (χ0n) is 6.98. The van der Waals surface area contributed by atoms with E-state index in [1.807, 2.05) is 0 Å². The predicted molar refractivity (Wildman–Crippen MR) is 44.0 cm³/mol. The van der Waals surface area contributed by atoms with Crippen molar-refractivity contribution in [1.82, 2.24) is 0 Å². The molecule has 4 unspecified atom stereocenters. The van der Waals surface area contributed by atoms with Crippen LogP contribution in [0.4, 0.5) is 0 Å². The van der Waals surface area contributed by atoms with Crippen molar-refractivity contribution in [1.29, 1.82) is 0 Å². The van der Waals surface area contributed by atoms with E-state index in [9.17, 15) is 0 Å². The molecule has 0 aromatic heterocycles. The molecule has 0 aliphatic carbocycles. The third-order valence-corrected chi connectivity index (χ3v) is 1.51. The lowest BCUT2D eigenvalue weighted by Crippen LogP contribution is -2.46. The lowest BCUT2D eigenvalue weighted by atomic mass is 10.0. The van der Waals surface area contributed by atoms with Gasteiger partial charge in [0.2, 0.25) is 0 Å². The van der Waals surface area contributed by atoms with Gasteiger partial charge in [-0.15, -0.1) is 0 Å². The third kappa shape index (κ3) is 4.56. The lowest BCUT2D eigenvalue weighted by molar-refractivity contribution is -0.123. The monoisotopic (exact) mass is 193 g/mol. The molecule has 0 heterocycles. The van der Waals surface area contributed by atoms with Crippen molar-refractivity contribution in [2.75, 3.05) is 13.2 Å². The normalized spacial score (nSPS) is 19.8. The second-order valence-electron chi connectivity index (χ2n) is 2.48. The van der Waals surface area contributed by atoms with Crippen molar-refractivity contribution in [2.45, 2.75) is 24.4 Å². The van der Waals surface area contributed by atoms with Crippen LogP contribution in [0.2, 0.25) is 0 Å². The van der Waals surface area contributed by atoms with Crippen LogP contribution >= 0.6 is 0 Å². The van der Waals surface area contributed by atoms with Gasteiger partial charge in [0.15, 0.2) is 0 Å². The van der Waals surface area contributed by atoms with Crippen molar-refractivity contribution < 1.29 is 30.6 Å². The summed E-state index contributed by atoms with van der Waals surface area (Å²) in [6.45, 7) is -1.45. The Morgan fingerprint density at radius 1 is 0.692 bits per heavy atom. The summed E-state index contributed by atoms with van der Waals surface area (Å²) in [5, 5.41) is 52.2. The maximum Gasteiger partial charge on any atom is 0.111 e. The summed E-state index contributed by atoms with van der Waals surface area (Å²) in [7, 11) is 0. The van der Waals surface area contributed by atoms with Gasteiger partial charge in [0.1, 0.15) is 24.4 Å². The smallest absolute Gasteiger partial charge is 0.111 e. The molecule has 0 aromatic rings. The molecule has 0 bridgehead atoms. The van der Waals surface area contributed by atoms with E-state index in [0.717, 1.165) is 0 Å². The van der Waals surface area contributed by atoms with Gasteiger partial charge in [0, 0.05) is 8.41 Å². The summed E-state index contributed by atoms with van der Waals surface area (Å²) in [6, 6.07) is 0. The third-order valence-electron chi connectivity index (χ3n) is 1.51. The van der Waals surface area contributed by atoms with E-state index in [-0.39, 0.29) is 8.41 Å². The van der Waals surface area contributed by atoms with Gasteiger partial charge in [0.05, 0.1) is 13.2 Å². The summed E-state index contributed by atoms with van der Waals surface area (Å²) in [5.41, 5.74) is 0. The number of aliphatic hydroxyl groups is 6. The Morgan fingerprint density at radius 2 is 0.923 bits per heavy atom. The van der Waals surface area contributed by atoms with Gasteiger partial charge in [-0.2, -0.15) is 0 Å². The van der Waals surface area contributed by atoms with Crippen LogP contribution < -0.4 is 0 Å². The van der Waals surface area contributed by atoms with Gasteiger partial charge < -0.3 is 30.6 Å². The maximum absolute atomic E-state index is 8.96. The number of hydrogen-bond donors (Lipinski definition) is 6. The molecule has 13 heavy (non-hydrogen) atoms. The van der Waals surface area contributed by atoms with Crippen LogP contribution in [0, 0.1) is 0 Å². The molecule has 0 rings (SSSR count). The van der Waals surface area contributed by atoms with E-state index in [1.54, 1.807) is 0 Å². The first kappa shape index (κ1) is 15.3. The first-order valence-corrected chi connectivity index (χ1v) is 3.48. The predicted octanol–water partition coefficient (Wildman–Crippen LogP) is -3.97. The largest absolute Gasteiger partial charge is 0.394 e. The Bertz CT molecular complexity index is 110. The summed E-state index contributed by atoms with van der Waals surface area (Å²) < 4.78 is 0. The molecule has 4 atom stereocenters. The molecule has 0 fully saturated rings. The first-order valence-electron chi connectivity index (χ1n) is 3.48. The van der Waals surface area contributed by atoms with Crippen LogP contribution in [0.1, 0.15) is 0 Å². The van der Waals surface area contributed by atoms with E-state index in [0.29, 0.717) is 0 Å². The highest BCUT2D eigenvalue weighted by molar-refractivity contribution is 5.75. The molecule has 0 saturated carbocycles. The van der Waals surface area contributed by atoms with Crippen molar-refractivity contribution >= 4 is 8.41 Å². The molecule has 6 nitrogen and oxygen atoms in total.